The lowest BCUT2D eigenvalue weighted by molar-refractivity contribution is -0.134. The summed E-state index contributed by atoms with van der Waals surface area (Å²) in [5.74, 6) is -0.311. The number of nitrogens with zero attached hydrogens (tertiary/aromatic N) is 1. The second-order valence-electron chi connectivity index (χ2n) is 14.0. The van der Waals surface area contributed by atoms with Gasteiger partial charge in [0, 0.05) is 49.9 Å². The molecule has 13 nitrogen and oxygen atoms in total. The number of benzene rings is 3. The van der Waals surface area contributed by atoms with Gasteiger partial charge in [-0.25, -0.2) is 13.2 Å². The number of carbonyl (C=O) groups is 3. The molecule has 9 N–H and O–H groups in total. The van der Waals surface area contributed by atoms with Gasteiger partial charge in [-0.3, -0.25) is 15.0 Å². The van der Waals surface area contributed by atoms with Gasteiger partial charge in [-0.05, 0) is 91.5 Å². The van der Waals surface area contributed by atoms with Gasteiger partial charge in [-0.2, -0.15) is 4.72 Å². The van der Waals surface area contributed by atoms with Crippen LogP contribution in [0.3, 0.4) is 0 Å². The van der Waals surface area contributed by atoms with Crippen molar-refractivity contribution in [2.75, 3.05) is 31.5 Å². The van der Waals surface area contributed by atoms with Crippen LogP contribution < -0.4 is 32.1 Å². The Morgan fingerprint density at radius 3 is 2.30 bits per heavy atom. The first-order valence-electron chi connectivity index (χ1n) is 18.5. The molecular formula is C39H52N8O5S. The number of nitrogens with two attached hydrogens (primary N) is 2. The van der Waals surface area contributed by atoms with E-state index in [4.69, 9.17) is 16.9 Å². The van der Waals surface area contributed by atoms with Crippen LogP contribution in [0.2, 0.25) is 0 Å². The number of amides is 4. The number of nitrogens with one attached hydrogen (secondary N) is 5. The molecule has 0 bridgehead atoms. The van der Waals surface area contributed by atoms with Gasteiger partial charge in [0.05, 0.1) is 4.90 Å². The Kier molecular flexibility index (Phi) is 14.0. The molecule has 1 atom stereocenters. The number of carbonyl (C=O) groups excluding carboxylic acids is 3. The summed E-state index contributed by atoms with van der Waals surface area (Å²) in [6.07, 6.45) is 8.15. The third-order valence-electron chi connectivity index (χ3n) is 10.00. The molecule has 4 amide bonds. The number of piperidine rings is 1. The fourth-order valence-corrected chi connectivity index (χ4v) is 8.25. The molecular weight excluding hydrogens is 693 g/mol. The maximum absolute atomic E-state index is 14.1. The first kappa shape index (κ1) is 39.4. The zero-order valence-electron chi connectivity index (χ0n) is 30.1. The van der Waals surface area contributed by atoms with Crippen molar-refractivity contribution in [1.29, 1.82) is 5.41 Å². The van der Waals surface area contributed by atoms with Crippen molar-refractivity contribution in [2.24, 2.45) is 17.4 Å². The summed E-state index contributed by atoms with van der Waals surface area (Å²) >= 11 is 0. The lowest BCUT2D eigenvalue weighted by Gasteiger charge is -2.34. The van der Waals surface area contributed by atoms with Crippen LogP contribution in [0, 0.1) is 11.3 Å². The standard InChI is InChI=1S/C39H52N8O5S/c40-20-16-36(48)44-33-14-12-29(13-15-33)30-7-5-11-34(26-30)53(51,52)46-35(25-28-6-4-8-31(24-28)37(41)42)38(49)47-22-18-27(19-23-47)17-21-43-39(50)45-32-9-2-1-3-10-32/h4-8,11-15,24,26-27,32,35,46H,1-3,9-10,16-23,25,40H2,(H3,41,42)(H,44,48)(H2,43,45,50)/t35-/m0/s1. The molecule has 1 saturated carbocycles. The third kappa shape index (κ3) is 11.6. The zero-order chi connectivity index (χ0) is 37.8. The molecule has 0 radical (unpaired) electrons. The smallest absolute Gasteiger partial charge is 0.315 e. The summed E-state index contributed by atoms with van der Waals surface area (Å²) in [4.78, 5) is 40.1. The third-order valence-corrected chi connectivity index (χ3v) is 11.5. The van der Waals surface area contributed by atoms with Crippen molar-refractivity contribution >= 4 is 39.4 Å². The Morgan fingerprint density at radius 1 is 0.887 bits per heavy atom. The highest BCUT2D eigenvalue weighted by molar-refractivity contribution is 7.89. The van der Waals surface area contributed by atoms with Gasteiger partial charge in [0.2, 0.25) is 21.8 Å². The molecule has 284 valence electrons. The van der Waals surface area contributed by atoms with E-state index >= 15 is 0 Å². The van der Waals surface area contributed by atoms with E-state index in [0.29, 0.717) is 47.9 Å². The number of amidine groups is 1. The fourth-order valence-electron chi connectivity index (χ4n) is 7.02. The predicted octanol–water partition coefficient (Wildman–Crippen LogP) is 4.08. The number of anilines is 1. The molecule has 3 aromatic rings. The molecule has 0 unspecified atom stereocenters. The van der Waals surface area contributed by atoms with Gasteiger partial charge in [-0.15, -0.1) is 0 Å². The Hall–Kier alpha value is -4.79. The number of likely N-dealkylation sites (tertiary alicyclic amines) is 1. The van der Waals surface area contributed by atoms with Crippen LogP contribution in [0.25, 0.3) is 11.1 Å². The van der Waals surface area contributed by atoms with E-state index in [1.807, 2.05) is 0 Å². The number of nitrogen functional groups attached to an aromatic ring is 1. The molecule has 2 fully saturated rings. The normalized spacial score (nSPS) is 16.1. The Balaban J connectivity index is 1.24. The zero-order valence-corrected chi connectivity index (χ0v) is 30.9. The topological polar surface area (TPSA) is 213 Å². The number of hydrogen-bond donors (Lipinski definition) is 7. The minimum absolute atomic E-state index is 0.00402. The first-order chi connectivity index (χ1) is 25.5. The fraction of sp³-hybridized carbons (Fsp3) is 0.436. The molecule has 2 aliphatic rings. The van der Waals surface area contributed by atoms with Crippen LogP contribution in [-0.2, 0) is 26.0 Å². The van der Waals surface area contributed by atoms with E-state index < -0.39 is 16.1 Å². The van der Waals surface area contributed by atoms with Crippen molar-refractivity contribution in [2.45, 2.75) is 81.2 Å². The van der Waals surface area contributed by atoms with Crippen molar-refractivity contribution in [3.8, 4) is 11.1 Å². The van der Waals surface area contributed by atoms with Crippen molar-refractivity contribution in [3.05, 3.63) is 83.9 Å². The quantitative estimate of drug-likeness (QED) is 0.0894. The van der Waals surface area contributed by atoms with E-state index in [-0.39, 0.29) is 54.0 Å². The maximum Gasteiger partial charge on any atom is 0.315 e. The van der Waals surface area contributed by atoms with Gasteiger partial charge >= 0.3 is 6.03 Å². The Labute approximate surface area is 312 Å². The van der Waals surface area contributed by atoms with Crippen LogP contribution >= 0.6 is 0 Å². The molecule has 1 aliphatic heterocycles. The molecule has 1 saturated heterocycles. The number of rotatable bonds is 15. The summed E-state index contributed by atoms with van der Waals surface area (Å²) in [5.41, 5.74) is 14.3. The second kappa shape index (κ2) is 18.8. The van der Waals surface area contributed by atoms with Crippen LogP contribution in [0.15, 0.2) is 77.7 Å². The van der Waals surface area contributed by atoms with Gasteiger partial charge in [0.15, 0.2) is 0 Å². The molecule has 0 spiro atoms. The molecule has 1 aliphatic carbocycles. The number of hydrogen-bond acceptors (Lipinski definition) is 7. The van der Waals surface area contributed by atoms with E-state index in [2.05, 4.69) is 20.7 Å². The highest BCUT2D eigenvalue weighted by Crippen LogP contribution is 2.26. The minimum Gasteiger partial charge on any atom is -0.384 e. The first-order valence-corrected chi connectivity index (χ1v) is 20.0. The van der Waals surface area contributed by atoms with Crippen LogP contribution in [0.1, 0.15) is 68.9 Å². The van der Waals surface area contributed by atoms with Gasteiger partial charge in [-0.1, -0.05) is 61.7 Å². The molecule has 53 heavy (non-hydrogen) atoms. The highest BCUT2D eigenvalue weighted by atomic mass is 32.2. The molecule has 1 heterocycles. The number of urea groups is 1. The molecule has 0 aromatic heterocycles. The lowest BCUT2D eigenvalue weighted by Crippen LogP contribution is -2.51. The van der Waals surface area contributed by atoms with Crippen molar-refractivity contribution < 1.29 is 22.8 Å². The Morgan fingerprint density at radius 2 is 1.60 bits per heavy atom. The molecule has 3 aromatic carbocycles. The summed E-state index contributed by atoms with van der Waals surface area (Å²) in [7, 11) is -4.17. The summed E-state index contributed by atoms with van der Waals surface area (Å²) < 4.78 is 30.6. The van der Waals surface area contributed by atoms with Crippen molar-refractivity contribution in [1.82, 2.24) is 20.3 Å². The largest absolute Gasteiger partial charge is 0.384 e. The monoisotopic (exact) mass is 744 g/mol. The SMILES string of the molecule is N=C(N)c1cccc(C[C@H](NS(=O)(=O)c2cccc(-c3ccc(NC(=O)CCN)cc3)c2)C(=O)N2CCC(CCNC(=O)NC3CCCCC3)CC2)c1. The van der Waals surface area contributed by atoms with E-state index in [0.717, 1.165) is 50.5 Å². The average molecular weight is 745 g/mol. The minimum atomic E-state index is -4.17. The number of sulfonamides is 1. The van der Waals surface area contributed by atoms with Crippen LogP contribution in [0.5, 0.6) is 0 Å². The second-order valence-corrected chi connectivity index (χ2v) is 15.7. The summed E-state index contributed by atoms with van der Waals surface area (Å²) in [5, 5.41) is 16.7. The van der Waals surface area contributed by atoms with Gasteiger partial charge < -0.3 is 32.3 Å². The van der Waals surface area contributed by atoms with Gasteiger partial charge in [0.1, 0.15) is 11.9 Å². The van der Waals surface area contributed by atoms with Crippen LogP contribution in [-0.4, -0.2) is 75.3 Å². The predicted molar refractivity (Wildman–Crippen MR) is 207 cm³/mol. The summed E-state index contributed by atoms with van der Waals surface area (Å²) in [6.45, 7) is 1.75. The highest BCUT2D eigenvalue weighted by Gasteiger charge is 2.32. The molecule has 5 rings (SSSR count). The van der Waals surface area contributed by atoms with Crippen LogP contribution in [0.4, 0.5) is 10.5 Å². The van der Waals surface area contributed by atoms with E-state index in [9.17, 15) is 22.8 Å². The average Bonchev–Trinajstić information content (AvgIpc) is 3.15. The lowest BCUT2D eigenvalue weighted by atomic mass is 9.93. The maximum atomic E-state index is 14.1. The Bertz CT molecular complexity index is 1840. The van der Waals surface area contributed by atoms with E-state index in [1.54, 1.807) is 71.6 Å². The summed E-state index contributed by atoms with van der Waals surface area (Å²) in [6, 6.07) is 19.5. The van der Waals surface area contributed by atoms with Crippen molar-refractivity contribution in [3.63, 3.8) is 0 Å². The van der Waals surface area contributed by atoms with Gasteiger partial charge in [0.25, 0.3) is 0 Å². The molecule has 14 heteroatoms. The van der Waals surface area contributed by atoms with E-state index in [1.165, 1.54) is 12.5 Å².